The van der Waals surface area contributed by atoms with Gasteiger partial charge in [0.05, 0.1) is 18.8 Å². The Morgan fingerprint density at radius 3 is 2.34 bits per heavy atom. The average Bonchev–Trinajstić information content (AvgIpc) is 3.29. The fourth-order valence-electron chi connectivity index (χ4n) is 8.80. The van der Waals surface area contributed by atoms with Crippen LogP contribution in [0.15, 0.2) is 12.2 Å². The van der Waals surface area contributed by atoms with Crippen molar-refractivity contribution in [1.29, 1.82) is 0 Å². The summed E-state index contributed by atoms with van der Waals surface area (Å²) >= 11 is 0. The normalized spacial score (nSPS) is 51.2. The number of hydrogen-bond acceptors (Lipinski definition) is 3. The Hall–Kier alpha value is -0.380. The van der Waals surface area contributed by atoms with E-state index in [0.29, 0.717) is 17.8 Å². The lowest BCUT2D eigenvalue weighted by atomic mass is 9.43. The van der Waals surface area contributed by atoms with E-state index in [0.717, 1.165) is 38.4 Å². The van der Waals surface area contributed by atoms with E-state index in [9.17, 15) is 5.11 Å². The zero-order valence-electron chi connectivity index (χ0n) is 18.9. The van der Waals surface area contributed by atoms with E-state index >= 15 is 0 Å². The second kappa shape index (κ2) is 7.07. The Kier molecular flexibility index (Phi) is 5.00. The zero-order valence-corrected chi connectivity index (χ0v) is 18.9. The molecule has 5 rings (SSSR count). The molecule has 7 atom stereocenters. The predicted octanol–water partition coefficient (Wildman–Crippen LogP) is 5.86. The minimum Gasteiger partial charge on any atom is -0.389 e. The summed E-state index contributed by atoms with van der Waals surface area (Å²) in [6.45, 7) is 8.68. The van der Waals surface area contributed by atoms with Crippen molar-refractivity contribution in [3.63, 3.8) is 0 Å². The second-order valence-electron chi connectivity index (χ2n) is 11.5. The SMILES string of the molecule is CCC/C=C\[C@@H]1CC[C@]2(C)C3CC[C@@]4(C)C(CCC45OCCO5)C3CC[C@@]2(O)C1. The van der Waals surface area contributed by atoms with Crippen molar-refractivity contribution in [3.05, 3.63) is 12.2 Å². The smallest absolute Gasteiger partial charge is 0.174 e. The molecule has 0 bridgehead atoms. The van der Waals surface area contributed by atoms with Gasteiger partial charge >= 0.3 is 0 Å². The van der Waals surface area contributed by atoms with Crippen LogP contribution in [0.4, 0.5) is 0 Å². The zero-order chi connectivity index (χ0) is 20.3. The van der Waals surface area contributed by atoms with Gasteiger partial charge in [-0.2, -0.15) is 0 Å². The first-order valence-electron chi connectivity index (χ1n) is 12.5. The molecule has 3 unspecified atom stereocenters. The van der Waals surface area contributed by atoms with E-state index in [1.807, 2.05) is 0 Å². The van der Waals surface area contributed by atoms with Crippen LogP contribution in [0.3, 0.4) is 0 Å². The van der Waals surface area contributed by atoms with Crippen LogP contribution in [-0.2, 0) is 9.47 Å². The summed E-state index contributed by atoms with van der Waals surface area (Å²) in [5.74, 6) is 2.36. The van der Waals surface area contributed by atoms with Gasteiger partial charge in [0.25, 0.3) is 0 Å². The van der Waals surface area contributed by atoms with Crippen LogP contribution in [0.2, 0.25) is 0 Å². The lowest BCUT2D eigenvalue weighted by molar-refractivity contribution is -0.260. The molecule has 3 nitrogen and oxygen atoms in total. The summed E-state index contributed by atoms with van der Waals surface area (Å²) in [4.78, 5) is 0. The molecule has 1 N–H and O–H groups in total. The summed E-state index contributed by atoms with van der Waals surface area (Å²) in [6.07, 6.45) is 17.5. The largest absolute Gasteiger partial charge is 0.389 e. The molecule has 1 aliphatic heterocycles. The number of rotatable bonds is 3. The van der Waals surface area contributed by atoms with E-state index in [1.165, 1.54) is 51.4 Å². The Labute approximate surface area is 177 Å². The van der Waals surface area contributed by atoms with Crippen LogP contribution in [-0.4, -0.2) is 29.7 Å². The van der Waals surface area contributed by atoms with Gasteiger partial charge in [-0.05, 0) is 86.9 Å². The molecule has 0 amide bonds. The topological polar surface area (TPSA) is 38.7 Å². The van der Waals surface area contributed by atoms with Crippen molar-refractivity contribution in [3.8, 4) is 0 Å². The van der Waals surface area contributed by atoms with E-state index in [-0.39, 0.29) is 16.6 Å². The predicted molar refractivity (Wildman–Crippen MR) is 115 cm³/mol. The first-order valence-corrected chi connectivity index (χ1v) is 12.5. The van der Waals surface area contributed by atoms with Crippen molar-refractivity contribution in [2.24, 2.45) is 34.5 Å². The molecule has 0 aromatic rings. The minimum absolute atomic E-state index is 0.0828. The van der Waals surface area contributed by atoms with Crippen LogP contribution in [0.1, 0.15) is 91.4 Å². The van der Waals surface area contributed by atoms with Gasteiger partial charge in [-0.25, -0.2) is 0 Å². The molecule has 5 aliphatic rings. The van der Waals surface area contributed by atoms with E-state index in [1.54, 1.807) is 0 Å². The van der Waals surface area contributed by atoms with Crippen molar-refractivity contribution >= 4 is 0 Å². The Morgan fingerprint density at radius 1 is 0.897 bits per heavy atom. The molecule has 1 spiro atoms. The highest BCUT2D eigenvalue weighted by molar-refractivity contribution is 5.17. The number of fused-ring (bicyclic) bond motifs is 6. The second-order valence-corrected chi connectivity index (χ2v) is 11.5. The maximum Gasteiger partial charge on any atom is 0.174 e. The minimum atomic E-state index is -0.474. The van der Waals surface area contributed by atoms with Crippen LogP contribution in [0.25, 0.3) is 0 Å². The fraction of sp³-hybridized carbons (Fsp3) is 0.923. The molecule has 29 heavy (non-hydrogen) atoms. The quantitative estimate of drug-likeness (QED) is 0.601. The Balaban J connectivity index is 1.38. The van der Waals surface area contributed by atoms with Gasteiger partial charge in [0.15, 0.2) is 5.79 Å². The third kappa shape index (κ3) is 2.79. The summed E-state index contributed by atoms with van der Waals surface area (Å²) in [7, 11) is 0. The third-order valence-corrected chi connectivity index (χ3v) is 10.5. The van der Waals surface area contributed by atoms with Crippen molar-refractivity contribution in [2.75, 3.05) is 13.2 Å². The monoisotopic (exact) mass is 402 g/mol. The highest BCUT2D eigenvalue weighted by Gasteiger charge is 2.69. The molecule has 3 heteroatoms. The van der Waals surface area contributed by atoms with Crippen LogP contribution < -0.4 is 0 Å². The van der Waals surface area contributed by atoms with E-state index < -0.39 is 5.60 Å². The Bertz CT molecular complexity index is 652. The van der Waals surface area contributed by atoms with E-state index in [4.69, 9.17) is 9.47 Å². The van der Waals surface area contributed by atoms with Crippen LogP contribution in [0, 0.1) is 34.5 Å². The number of ether oxygens (including phenoxy) is 2. The third-order valence-electron chi connectivity index (χ3n) is 10.5. The van der Waals surface area contributed by atoms with Gasteiger partial charge in [-0.3, -0.25) is 0 Å². The lowest BCUT2D eigenvalue weighted by Gasteiger charge is -2.64. The molecule has 4 aliphatic carbocycles. The average molecular weight is 403 g/mol. The molecule has 5 fully saturated rings. The summed E-state index contributed by atoms with van der Waals surface area (Å²) < 4.78 is 12.6. The van der Waals surface area contributed by atoms with Crippen molar-refractivity contribution in [1.82, 2.24) is 0 Å². The number of aliphatic hydroxyl groups is 1. The van der Waals surface area contributed by atoms with Gasteiger partial charge < -0.3 is 14.6 Å². The molecule has 4 saturated carbocycles. The van der Waals surface area contributed by atoms with Crippen molar-refractivity contribution in [2.45, 2.75) is 103 Å². The number of hydrogen-bond donors (Lipinski definition) is 1. The van der Waals surface area contributed by atoms with Gasteiger partial charge in [-0.1, -0.05) is 39.3 Å². The first kappa shape index (κ1) is 20.5. The summed E-state index contributed by atoms with van der Waals surface area (Å²) in [5.41, 5.74) is -0.228. The molecule has 0 aromatic heterocycles. The molecule has 164 valence electrons. The summed E-state index contributed by atoms with van der Waals surface area (Å²) in [5, 5.41) is 11.9. The molecule has 0 radical (unpaired) electrons. The van der Waals surface area contributed by atoms with Gasteiger partial charge in [-0.15, -0.1) is 0 Å². The maximum absolute atomic E-state index is 11.9. The van der Waals surface area contributed by atoms with Crippen LogP contribution >= 0.6 is 0 Å². The number of allylic oxidation sites excluding steroid dienone is 2. The fourth-order valence-corrected chi connectivity index (χ4v) is 8.80. The van der Waals surface area contributed by atoms with Crippen molar-refractivity contribution < 1.29 is 14.6 Å². The molecule has 1 heterocycles. The Morgan fingerprint density at radius 2 is 1.59 bits per heavy atom. The van der Waals surface area contributed by atoms with Gasteiger partial charge in [0.1, 0.15) is 0 Å². The lowest BCUT2D eigenvalue weighted by Crippen LogP contribution is -2.63. The number of unbranched alkanes of at least 4 members (excludes halogenated alkanes) is 1. The maximum atomic E-state index is 11.9. The highest BCUT2D eigenvalue weighted by atomic mass is 16.7. The van der Waals surface area contributed by atoms with Gasteiger partial charge in [0, 0.05) is 11.8 Å². The first-order chi connectivity index (χ1) is 13.9. The summed E-state index contributed by atoms with van der Waals surface area (Å²) in [6, 6.07) is 0. The highest BCUT2D eigenvalue weighted by Crippen LogP contribution is 2.70. The molecule has 0 aromatic carbocycles. The van der Waals surface area contributed by atoms with Gasteiger partial charge in [0.2, 0.25) is 0 Å². The standard InChI is InChI=1S/C26H42O3/c1-4-5-6-7-19-8-12-23(2)21-10-13-24(3)22(11-15-26(24)28-16-17-29-26)20(21)9-14-25(23,27)18-19/h6-7,19-22,27H,4-5,8-18H2,1-3H3/b7-6-/t19-,20?,21?,22?,23-,24+,25-/m1/s1. The molecular formula is C26H42O3. The van der Waals surface area contributed by atoms with E-state index in [2.05, 4.69) is 32.9 Å². The molecule has 1 saturated heterocycles. The molecular weight excluding hydrogens is 360 g/mol. The van der Waals surface area contributed by atoms with Crippen LogP contribution in [0.5, 0.6) is 0 Å².